The molecule has 2 heterocycles. The lowest BCUT2D eigenvalue weighted by molar-refractivity contribution is 0.141. The van der Waals surface area contributed by atoms with Gasteiger partial charge in [-0.05, 0) is 77.5 Å². The monoisotopic (exact) mass is 315 g/mol. The van der Waals surface area contributed by atoms with Crippen LogP contribution in [0.1, 0.15) is 58.6 Å². The first-order chi connectivity index (χ1) is 10.7. The fraction of sp³-hybridized carbons (Fsp3) is 0.700. The predicted molar refractivity (Wildman–Crippen MR) is 99.3 cm³/mol. The van der Waals surface area contributed by atoms with Gasteiger partial charge < -0.3 is 16.0 Å². The molecule has 128 valence electrons. The summed E-state index contributed by atoms with van der Waals surface area (Å²) in [5, 5.41) is 11.1. The molecule has 0 saturated carbocycles. The molecule has 3 nitrogen and oxygen atoms in total. The van der Waals surface area contributed by atoms with Crippen LogP contribution in [0.25, 0.3) is 0 Å². The molecule has 1 unspecified atom stereocenters. The normalized spacial score (nSPS) is 24.0. The number of benzene rings is 1. The van der Waals surface area contributed by atoms with Gasteiger partial charge in [0.2, 0.25) is 0 Å². The lowest BCUT2D eigenvalue weighted by Crippen LogP contribution is -2.62. The highest BCUT2D eigenvalue weighted by Crippen LogP contribution is 2.29. The van der Waals surface area contributed by atoms with Gasteiger partial charge in [-0.25, -0.2) is 0 Å². The quantitative estimate of drug-likeness (QED) is 0.796. The van der Waals surface area contributed by atoms with Gasteiger partial charge in [0, 0.05) is 35.4 Å². The highest BCUT2D eigenvalue weighted by atomic mass is 15.1. The maximum absolute atomic E-state index is 3.89. The smallest absolute Gasteiger partial charge is 0.0373 e. The summed E-state index contributed by atoms with van der Waals surface area (Å²) in [6.45, 7) is 12.7. The van der Waals surface area contributed by atoms with Crippen LogP contribution in [0, 0.1) is 0 Å². The van der Waals surface area contributed by atoms with Crippen molar-refractivity contribution in [2.24, 2.45) is 0 Å². The summed E-state index contributed by atoms with van der Waals surface area (Å²) in [6.07, 6.45) is 4.66. The van der Waals surface area contributed by atoms with Gasteiger partial charge in [-0.2, -0.15) is 0 Å². The maximum Gasteiger partial charge on any atom is 0.0373 e. The molecule has 1 atom stereocenters. The summed E-state index contributed by atoms with van der Waals surface area (Å²) in [5.41, 5.74) is 4.69. The number of nitrogens with one attached hydrogen (secondary N) is 3. The highest BCUT2D eigenvalue weighted by Gasteiger charge is 2.37. The van der Waals surface area contributed by atoms with Gasteiger partial charge in [0.15, 0.2) is 0 Å². The van der Waals surface area contributed by atoms with Crippen LogP contribution < -0.4 is 16.0 Å². The molecule has 1 aromatic rings. The number of rotatable bonds is 4. The molecule has 1 saturated heterocycles. The lowest BCUT2D eigenvalue weighted by Gasteiger charge is -2.47. The Bertz CT molecular complexity index is 546. The van der Waals surface area contributed by atoms with Gasteiger partial charge >= 0.3 is 0 Å². The summed E-state index contributed by atoms with van der Waals surface area (Å²) in [4.78, 5) is 0. The van der Waals surface area contributed by atoms with Crippen molar-refractivity contribution in [3.05, 3.63) is 29.3 Å². The van der Waals surface area contributed by atoms with E-state index in [2.05, 4.69) is 68.8 Å². The van der Waals surface area contributed by atoms with E-state index in [-0.39, 0.29) is 11.1 Å². The molecule has 0 bridgehead atoms. The van der Waals surface area contributed by atoms with Crippen molar-refractivity contribution in [2.45, 2.75) is 83.5 Å². The molecule has 0 aromatic heterocycles. The Morgan fingerprint density at radius 1 is 1.17 bits per heavy atom. The highest BCUT2D eigenvalue weighted by molar-refractivity contribution is 5.56. The van der Waals surface area contributed by atoms with Gasteiger partial charge in [0.1, 0.15) is 0 Å². The van der Waals surface area contributed by atoms with Crippen LogP contribution >= 0.6 is 0 Å². The number of fused-ring (bicyclic) bond motifs is 1. The molecule has 2 aliphatic heterocycles. The second-order valence-electron chi connectivity index (χ2n) is 8.94. The van der Waals surface area contributed by atoms with Crippen molar-refractivity contribution in [3.63, 3.8) is 0 Å². The van der Waals surface area contributed by atoms with Crippen LogP contribution in [0.5, 0.6) is 0 Å². The zero-order valence-corrected chi connectivity index (χ0v) is 15.4. The number of piperidine rings is 1. The van der Waals surface area contributed by atoms with Crippen molar-refractivity contribution in [3.8, 4) is 0 Å². The van der Waals surface area contributed by atoms with E-state index < -0.39 is 0 Å². The number of hydrogen-bond donors (Lipinski definition) is 3. The summed E-state index contributed by atoms with van der Waals surface area (Å²) < 4.78 is 0. The molecule has 0 aliphatic carbocycles. The van der Waals surface area contributed by atoms with Gasteiger partial charge in [-0.3, -0.25) is 0 Å². The molecule has 23 heavy (non-hydrogen) atoms. The van der Waals surface area contributed by atoms with E-state index in [0.29, 0.717) is 12.1 Å². The van der Waals surface area contributed by atoms with E-state index in [9.17, 15) is 0 Å². The first-order valence-corrected chi connectivity index (χ1v) is 9.14. The summed E-state index contributed by atoms with van der Waals surface area (Å²) in [6, 6.07) is 8.03. The predicted octanol–water partition coefficient (Wildman–Crippen LogP) is 3.48. The van der Waals surface area contributed by atoms with Crippen molar-refractivity contribution in [1.29, 1.82) is 0 Å². The van der Waals surface area contributed by atoms with Crippen LogP contribution in [0.2, 0.25) is 0 Å². The summed E-state index contributed by atoms with van der Waals surface area (Å²) in [5.74, 6) is 0. The molecule has 3 heteroatoms. The van der Waals surface area contributed by atoms with E-state index in [1.807, 2.05) is 0 Å². The van der Waals surface area contributed by atoms with Crippen LogP contribution in [0.3, 0.4) is 0 Å². The molecule has 0 amide bonds. The average Bonchev–Trinajstić information content (AvgIpc) is 2.81. The van der Waals surface area contributed by atoms with Crippen LogP contribution in [-0.2, 0) is 12.8 Å². The van der Waals surface area contributed by atoms with Gasteiger partial charge in [-0.1, -0.05) is 12.1 Å². The number of anilines is 1. The Hall–Kier alpha value is -1.06. The third kappa shape index (κ3) is 4.27. The van der Waals surface area contributed by atoms with E-state index >= 15 is 0 Å². The fourth-order valence-corrected chi connectivity index (χ4v) is 4.74. The average molecular weight is 316 g/mol. The summed E-state index contributed by atoms with van der Waals surface area (Å²) >= 11 is 0. The molecule has 3 N–H and O–H groups in total. The van der Waals surface area contributed by atoms with Crippen LogP contribution in [0.15, 0.2) is 18.2 Å². The Morgan fingerprint density at radius 2 is 1.87 bits per heavy atom. The van der Waals surface area contributed by atoms with Gasteiger partial charge in [-0.15, -0.1) is 0 Å². The molecule has 1 fully saturated rings. The van der Waals surface area contributed by atoms with Crippen molar-refractivity contribution < 1.29 is 0 Å². The van der Waals surface area contributed by atoms with Crippen LogP contribution in [0.4, 0.5) is 5.69 Å². The SMILES string of the molecule is CC(Cc1ccc2c(c1)CCN2)NC1CC(C)(C)NC(C)(C)C1. The van der Waals surface area contributed by atoms with Crippen molar-refractivity contribution in [1.82, 2.24) is 10.6 Å². The standard InChI is InChI=1S/C20H33N3/c1-14(10-15-6-7-18-16(11-15)8-9-21-18)22-17-12-19(2,3)23-20(4,5)13-17/h6-7,11,14,17,21-23H,8-10,12-13H2,1-5H3. The minimum Gasteiger partial charge on any atom is -0.384 e. The van der Waals surface area contributed by atoms with E-state index in [1.165, 1.54) is 36.1 Å². The van der Waals surface area contributed by atoms with E-state index in [4.69, 9.17) is 0 Å². The third-order valence-corrected chi connectivity index (χ3v) is 5.13. The molecule has 1 aromatic carbocycles. The fourth-order valence-electron chi connectivity index (χ4n) is 4.74. The summed E-state index contributed by atoms with van der Waals surface area (Å²) in [7, 11) is 0. The minimum absolute atomic E-state index is 0.207. The Labute approximate surface area is 141 Å². The molecule has 2 aliphatic rings. The van der Waals surface area contributed by atoms with Crippen molar-refractivity contribution >= 4 is 5.69 Å². The second kappa shape index (κ2) is 6.10. The van der Waals surface area contributed by atoms with E-state index in [0.717, 1.165) is 13.0 Å². The topological polar surface area (TPSA) is 36.1 Å². The first kappa shape index (κ1) is 16.8. The minimum atomic E-state index is 0.207. The largest absolute Gasteiger partial charge is 0.384 e. The molecule has 0 spiro atoms. The maximum atomic E-state index is 3.89. The van der Waals surface area contributed by atoms with Gasteiger partial charge in [0.05, 0.1) is 0 Å². The molecule has 3 rings (SSSR count). The number of hydrogen-bond acceptors (Lipinski definition) is 3. The lowest BCUT2D eigenvalue weighted by atomic mass is 9.79. The Balaban J connectivity index is 1.59. The van der Waals surface area contributed by atoms with E-state index in [1.54, 1.807) is 0 Å². The Kier molecular flexibility index (Phi) is 4.45. The second-order valence-corrected chi connectivity index (χ2v) is 8.94. The zero-order valence-electron chi connectivity index (χ0n) is 15.4. The first-order valence-electron chi connectivity index (χ1n) is 9.14. The zero-order chi connectivity index (χ0) is 16.7. The van der Waals surface area contributed by atoms with Gasteiger partial charge in [0.25, 0.3) is 0 Å². The molecular weight excluding hydrogens is 282 g/mol. The third-order valence-electron chi connectivity index (χ3n) is 5.13. The Morgan fingerprint density at radius 3 is 2.57 bits per heavy atom. The molecule has 0 radical (unpaired) electrons. The van der Waals surface area contributed by atoms with Crippen LogP contribution in [-0.4, -0.2) is 29.7 Å². The van der Waals surface area contributed by atoms with Crippen molar-refractivity contribution in [2.75, 3.05) is 11.9 Å². The molecular formula is C20H33N3.